The zero-order chi connectivity index (χ0) is 15.9. The molecular formula is C17H15NO4. The van der Waals surface area contributed by atoms with Gasteiger partial charge in [0.05, 0.1) is 25.3 Å². The molecule has 5 heteroatoms. The molecule has 0 amide bonds. The Morgan fingerprint density at radius 1 is 1.14 bits per heavy atom. The summed E-state index contributed by atoms with van der Waals surface area (Å²) in [6.45, 7) is 2.29. The first-order valence-electron chi connectivity index (χ1n) is 6.71. The molecule has 0 bridgehead atoms. The highest BCUT2D eigenvalue weighted by Crippen LogP contribution is 2.29. The Balaban J connectivity index is 2.28. The van der Waals surface area contributed by atoms with Gasteiger partial charge in [0.25, 0.3) is 0 Å². The summed E-state index contributed by atoms with van der Waals surface area (Å²) in [5.74, 6) is 0.480. The number of esters is 1. The molecule has 22 heavy (non-hydrogen) atoms. The molecule has 0 aliphatic rings. The molecule has 0 unspecified atom stereocenters. The molecule has 0 aromatic heterocycles. The maximum absolute atomic E-state index is 12.3. The van der Waals surface area contributed by atoms with Crippen molar-refractivity contribution in [1.82, 2.24) is 0 Å². The van der Waals surface area contributed by atoms with Gasteiger partial charge in [0.1, 0.15) is 11.3 Å². The third-order valence-corrected chi connectivity index (χ3v) is 2.90. The number of ether oxygens (including phenoxy) is 3. The second-order valence-corrected chi connectivity index (χ2v) is 4.30. The van der Waals surface area contributed by atoms with Crippen LogP contribution in [0.5, 0.6) is 17.2 Å². The lowest BCUT2D eigenvalue weighted by Crippen LogP contribution is -2.11. The van der Waals surface area contributed by atoms with Gasteiger partial charge >= 0.3 is 5.97 Å². The third-order valence-electron chi connectivity index (χ3n) is 2.90. The summed E-state index contributed by atoms with van der Waals surface area (Å²) in [4.78, 5) is 12.3. The largest absolute Gasteiger partial charge is 0.493 e. The molecular weight excluding hydrogens is 282 g/mol. The maximum Gasteiger partial charge on any atom is 0.347 e. The summed E-state index contributed by atoms with van der Waals surface area (Å²) >= 11 is 0. The summed E-state index contributed by atoms with van der Waals surface area (Å²) in [5, 5.41) is 8.87. The first-order chi connectivity index (χ1) is 10.7. The number of hydrogen-bond donors (Lipinski definition) is 0. The highest BCUT2D eigenvalue weighted by Gasteiger charge is 2.16. The minimum absolute atomic E-state index is 0.248. The Morgan fingerprint density at radius 3 is 2.59 bits per heavy atom. The number of benzene rings is 2. The van der Waals surface area contributed by atoms with Crippen LogP contribution in [0.15, 0.2) is 42.5 Å². The van der Waals surface area contributed by atoms with Gasteiger partial charge in [-0.25, -0.2) is 4.79 Å². The van der Waals surface area contributed by atoms with Gasteiger partial charge in [0.2, 0.25) is 0 Å². The van der Waals surface area contributed by atoms with Gasteiger partial charge in [-0.2, -0.15) is 5.26 Å². The van der Waals surface area contributed by atoms with Crippen molar-refractivity contribution in [3.05, 3.63) is 53.6 Å². The van der Waals surface area contributed by atoms with E-state index in [9.17, 15) is 4.79 Å². The van der Waals surface area contributed by atoms with Crippen LogP contribution in [0.3, 0.4) is 0 Å². The van der Waals surface area contributed by atoms with Gasteiger partial charge in [-0.3, -0.25) is 0 Å². The number of rotatable bonds is 5. The Kier molecular flexibility index (Phi) is 4.99. The van der Waals surface area contributed by atoms with Crippen LogP contribution < -0.4 is 14.2 Å². The number of nitrogens with zero attached hydrogens (tertiary/aromatic N) is 1. The minimum atomic E-state index is -0.549. The number of para-hydroxylation sites is 1. The van der Waals surface area contributed by atoms with Gasteiger partial charge < -0.3 is 14.2 Å². The van der Waals surface area contributed by atoms with Crippen molar-refractivity contribution in [3.63, 3.8) is 0 Å². The third kappa shape index (κ3) is 3.36. The molecule has 2 rings (SSSR count). The summed E-state index contributed by atoms with van der Waals surface area (Å²) in [6.07, 6.45) is 0. The average Bonchev–Trinajstić information content (AvgIpc) is 2.56. The fourth-order valence-electron chi connectivity index (χ4n) is 1.89. The average molecular weight is 297 g/mol. The van der Waals surface area contributed by atoms with E-state index in [0.29, 0.717) is 29.2 Å². The molecule has 0 radical (unpaired) electrons. The fraction of sp³-hybridized carbons (Fsp3) is 0.176. The Hall–Kier alpha value is -3.00. The molecule has 0 saturated heterocycles. The number of carbonyl (C=O) groups excluding carboxylic acids is 1. The van der Waals surface area contributed by atoms with Crippen LogP contribution in [0.4, 0.5) is 0 Å². The second-order valence-electron chi connectivity index (χ2n) is 4.30. The number of nitriles is 1. The number of carbonyl (C=O) groups is 1. The Morgan fingerprint density at radius 2 is 1.91 bits per heavy atom. The molecule has 2 aromatic rings. The molecule has 0 saturated carbocycles. The van der Waals surface area contributed by atoms with Crippen LogP contribution in [0.1, 0.15) is 22.8 Å². The molecule has 0 heterocycles. The van der Waals surface area contributed by atoms with E-state index in [-0.39, 0.29) is 5.75 Å². The first kappa shape index (κ1) is 15.4. The topological polar surface area (TPSA) is 68.5 Å². The smallest absolute Gasteiger partial charge is 0.347 e. The predicted octanol–water partition coefficient (Wildman–Crippen LogP) is 3.18. The van der Waals surface area contributed by atoms with Crippen LogP contribution in [-0.2, 0) is 0 Å². The number of hydrogen-bond acceptors (Lipinski definition) is 5. The maximum atomic E-state index is 12.3. The molecule has 0 N–H and O–H groups in total. The van der Waals surface area contributed by atoms with Gasteiger partial charge in [0.15, 0.2) is 11.5 Å². The normalized spacial score (nSPS) is 9.68. The Labute approximate surface area is 128 Å². The quantitative estimate of drug-likeness (QED) is 0.626. The SMILES string of the molecule is CCOc1ccccc1C(=O)Oc1ccc(C#N)cc1OC. The summed E-state index contributed by atoms with van der Waals surface area (Å²) in [7, 11) is 1.45. The lowest BCUT2D eigenvalue weighted by molar-refractivity contribution is 0.0725. The van der Waals surface area contributed by atoms with Crippen molar-refractivity contribution >= 4 is 5.97 Å². The van der Waals surface area contributed by atoms with Crippen LogP contribution in [-0.4, -0.2) is 19.7 Å². The van der Waals surface area contributed by atoms with Crippen LogP contribution in [0, 0.1) is 11.3 Å². The zero-order valence-corrected chi connectivity index (χ0v) is 12.3. The second kappa shape index (κ2) is 7.14. The van der Waals surface area contributed by atoms with Crippen LogP contribution in [0.2, 0.25) is 0 Å². The first-order valence-corrected chi connectivity index (χ1v) is 6.71. The standard InChI is InChI=1S/C17H15NO4/c1-3-21-14-7-5-4-6-13(14)17(19)22-15-9-8-12(11-18)10-16(15)20-2/h4-10H,3H2,1-2H3. The zero-order valence-electron chi connectivity index (χ0n) is 12.3. The monoisotopic (exact) mass is 297 g/mol. The lowest BCUT2D eigenvalue weighted by atomic mass is 10.2. The van der Waals surface area contributed by atoms with Crippen molar-refractivity contribution in [2.45, 2.75) is 6.92 Å². The van der Waals surface area contributed by atoms with Gasteiger partial charge in [0, 0.05) is 6.07 Å². The van der Waals surface area contributed by atoms with Crippen molar-refractivity contribution < 1.29 is 19.0 Å². The molecule has 0 fully saturated rings. The van der Waals surface area contributed by atoms with Crippen LogP contribution in [0.25, 0.3) is 0 Å². The fourth-order valence-corrected chi connectivity index (χ4v) is 1.89. The molecule has 0 atom stereocenters. The highest BCUT2D eigenvalue weighted by molar-refractivity contribution is 5.94. The van der Waals surface area contributed by atoms with E-state index >= 15 is 0 Å². The summed E-state index contributed by atoms with van der Waals surface area (Å²) in [6, 6.07) is 13.4. The molecule has 5 nitrogen and oxygen atoms in total. The lowest BCUT2D eigenvalue weighted by Gasteiger charge is -2.11. The van der Waals surface area contributed by atoms with E-state index in [1.165, 1.54) is 19.2 Å². The van der Waals surface area contributed by atoms with Gasteiger partial charge in [-0.15, -0.1) is 0 Å². The van der Waals surface area contributed by atoms with Gasteiger partial charge in [-0.1, -0.05) is 12.1 Å². The van der Waals surface area contributed by atoms with E-state index in [0.717, 1.165) is 0 Å². The van der Waals surface area contributed by atoms with Crippen molar-refractivity contribution in [2.75, 3.05) is 13.7 Å². The molecule has 112 valence electrons. The van der Waals surface area contributed by atoms with E-state index in [1.807, 2.05) is 13.0 Å². The Bertz CT molecular complexity index is 719. The summed E-state index contributed by atoms with van der Waals surface area (Å²) in [5.41, 5.74) is 0.752. The van der Waals surface area contributed by atoms with E-state index < -0.39 is 5.97 Å². The minimum Gasteiger partial charge on any atom is -0.493 e. The predicted molar refractivity (Wildman–Crippen MR) is 80.3 cm³/mol. The summed E-state index contributed by atoms with van der Waals surface area (Å²) < 4.78 is 15.9. The number of methoxy groups -OCH3 is 1. The molecule has 0 spiro atoms. The van der Waals surface area contributed by atoms with E-state index in [4.69, 9.17) is 19.5 Å². The molecule has 0 aliphatic carbocycles. The highest BCUT2D eigenvalue weighted by atomic mass is 16.6. The molecule has 0 aliphatic heterocycles. The van der Waals surface area contributed by atoms with E-state index in [2.05, 4.69) is 0 Å². The van der Waals surface area contributed by atoms with Gasteiger partial charge in [-0.05, 0) is 31.2 Å². The van der Waals surface area contributed by atoms with Crippen LogP contribution >= 0.6 is 0 Å². The van der Waals surface area contributed by atoms with Crippen molar-refractivity contribution in [2.24, 2.45) is 0 Å². The molecule has 2 aromatic carbocycles. The van der Waals surface area contributed by atoms with Crippen molar-refractivity contribution in [1.29, 1.82) is 5.26 Å². The van der Waals surface area contributed by atoms with E-state index in [1.54, 1.807) is 30.3 Å². The van der Waals surface area contributed by atoms with Crippen molar-refractivity contribution in [3.8, 4) is 23.3 Å².